The zero-order chi connectivity index (χ0) is 14.1. The van der Waals surface area contributed by atoms with E-state index >= 15 is 0 Å². The fourth-order valence-corrected chi connectivity index (χ4v) is 2.32. The summed E-state index contributed by atoms with van der Waals surface area (Å²) in [6.45, 7) is 12.8. The highest BCUT2D eigenvalue weighted by molar-refractivity contribution is 5.89. The molecule has 3 N–H and O–H groups in total. The maximum absolute atomic E-state index is 12.3. The van der Waals surface area contributed by atoms with E-state index < -0.39 is 5.54 Å². The van der Waals surface area contributed by atoms with Gasteiger partial charge in [-0.15, -0.1) is 0 Å². The van der Waals surface area contributed by atoms with Gasteiger partial charge in [0, 0.05) is 24.5 Å². The lowest BCUT2D eigenvalue weighted by atomic mass is 9.54. The van der Waals surface area contributed by atoms with Gasteiger partial charge < -0.3 is 15.8 Å². The smallest absolute Gasteiger partial charge is 0.241 e. The zero-order valence-corrected chi connectivity index (χ0v) is 12.5. The Kier molecular flexibility index (Phi) is 4.44. The average Bonchev–Trinajstić information content (AvgIpc) is 2.28. The van der Waals surface area contributed by atoms with Crippen LogP contribution in [-0.2, 0) is 9.53 Å². The molecule has 0 bridgehead atoms. The van der Waals surface area contributed by atoms with Crippen LogP contribution in [0.3, 0.4) is 0 Å². The van der Waals surface area contributed by atoms with Crippen LogP contribution >= 0.6 is 0 Å². The van der Waals surface area contributed by atoms with E-state index in [0.29, 0.717) is 18.9 Å². The molecule has 0 aliphatic heterocycles. The maximum Gasteiger partial charge on any atom is 0.241 e. The number of carbonyl (C=O) groups excluding carboxylic acids is 1. The lowest BCUT2D eigenvalue weighted by Crippen LogP contribution is -2.76. The highest BCUT2D eigenvalue weighted by atomic mass is 16.5. The quantitative estimate of drug-likeness (QED) is 0.786. The van der Waals surface area contributed by atoms with Gasteiger partial charge in [-0.3, -0.25) is 4.79 Å². The second-order valence-electron chi connectivity index (χ2n) is 6.35. The standard InChI is InChI=1S/C14H28N2O2/c1-7-18-11-8-14(15,13(11,5)6)12(17)16-10(4)9(2)3/h9-11H,7-8,15H2,1-6H3,(H,16,17). The van der Waals surface area contributed by atoms with E-state index in [1.807, 2.05) is 27.7 Å². The Hall–Kier alpha value is -0.610. The molecule has 4 heteroatoms. The van der Waals surface area contributed by atoms with E-state index in [-0.39, 0.29) is 23.5 Å². The van der Waals surface area contributed by atoms with Gasteiger partial charge >= 0.3 is 0 Å². The van der Waals surface area contributed by atoms with Crippen molar-refractivity contribution in [2.75, 3.05) is 6.61 Å². The summed E-state index contributed by atoms with van der Waals surface area (Å²) in [6, 6.07) is 0.139. The summed E-state index contributed by atoms with van der Waals surface area (Å²) < 4.78 is 5.63. The minimum Gasteiger partial charge on any atom is -0.378 e. The van der Waals surface area contributed by atoms with Gasteiger partial charge in [0.05, 0.1) is 6.10 Å². The molecule has 3 atom stereocenters. The second-order valence-corrected chi connectivity index (χ2v) is 6.35. The molecule has 18 heavy (non-hydrogen) atoms. The van der Waals surface area contributed by atoms with Gasteiger partial charge in [0.25, 0.3) is 0 Å². The highest BCUT2D eigenvalue weighted by Gasteiger charge is 2.62. The molecule has 0 aromatic rings. The number of hydrogen-bond donors (Lipinski definition) is 2. The van der Waals surface area contributed by atoms with Crippen molar-refractivity contribution in [3.63, 3.8) is 0 Å². The summed E-state index contributed by atoms with van der Waals surface area (Å²) in [7, 11) is 0. The molecule has 106 valence electrons. The first-order valence-electron chi connectivity index (χ1n) is 6.88. The third-order valence-electron chi connectivity index (χ3n) is 4.59. The summed E-state index contributed by atoms with van der Waals surface area (Å²) in [5, 5.41) is 3.02. The predicted octanol–water partition coefficient (Wildman–Crippen LogP) is 1.68. The number of nitrogens with two attached hydrogens (primary N) is 1. The number of hydrogen-bond acceptors (Lipinski definition) is 3. The van der Waals surface area contributed by atoms with Gasteiger partial charge in [-0.2, -0.15) is 0 Å². The average molecular weight is 256 g/mol. The first-order valence-corrected chi connectivity index (χ1v) is 6.88. The number of nitrogens with one attached hydrogen (secondary N) is 1. The van der Waals surface area contributed by atoms with Gasteiger partial charge in [0.1, 0.15) is 5.54 Å². The molecule has 1 fully saturated rings. The highest BCUT2D eigenvalue weighted by Crippen LogP contribution is 2.49. The molecule has 4 nitrogen and oxygen atoms in total. The summed E-state index contributed by atoms with van der Waals surface area (Å²) in [5.41, 5.74) is 5.18. The summed E-state index contributed by atoms with van der Waals surface area (Å²) in [4.78, 5) is 12.3. The molecule has 0 saturated heterocycles. The maximum atomic E-state index is 12.3. The van der Waals surface area contributed by atoms with Crippen LogP contribution in [0.5, 0.6) is 0 Å². The van der Waals surface area contributed by atoms with Gasteiger partial charge in [-0.25, -0.2) is 0 Å². The number of amides is 1. The van der Waals surface area contributed by atoms with E-state index in [1.165, 1.54) is 0 Å². The summed E-state index contributed by atoms with van der Waals surface area (Å²) in [6.07, 6.45) is 0.678. The van der Waals surface area contributed by atoms with Gasteiger partial charge in [-0.1, -0.05) is 27.7 Å². The molecule has 1 saturated carbocycles. The minimum atomic E-state index is -0.810. The van der Waals surface area contributed by atoms with Gasteiger partial charge in [0.2, 0.25) is 5.91 Å². The number of carbonyl (C=O) groups is 1. The number of ether oxygens (including phenoxy) is 1. The molecular weight excluding hydrogens is 228 g/mol. The normalized spacial score (nSPS) is 31.9. The van der Waals surface area contributed by atoms with Crippen molar-refractivity contribution in [3.8, 4) is 0 Å². The Balaban J connectivity index is 2.69. The molecule has 0 heterocycles. The fourth-order valence-electron chi connectivity index (χ4n) is 2.32. The van der Waals surface area contributed by atoms with E-state index in [0.717, 1.165) is 0 Å². The Labute approximate surface area is 111 Å². The predicted molar refractivity (Wildman–Crippen MR) is 73.2 cm³/mol. The third-order valence-corrected chi connectivity index (χ3v) is 4.59. The second kappa shape index (κ2) is 5.17. The monoisotopic (exact) mass is 256 g/mol. The molecule has 1 amide bonds. The van der Waals surface area contributed by atoms with E-state index in [4.69, 9.17) is 10.5 Å². The molecular formula is C14H28N2O2. The van der Waals surface area contributed by atoms with Gasteiger partial charge in [-0.05, 0) is 19.8 Å². The van der Waals surface area contributed by atoms with Crippen molar-refractivity contribution in [2.45, 2.75) is 65.6 Å². The van der Waals surface area contributed by atoms with Crippen LogP contribution in [0.2, 0.25) is 0 Å². The van der Waals surface area contributed by atoms with Crippen LogP contribution < -0.4 is 11.1 Å². The molecule has 0 spiro atoms. The third kappa shape index (κ3) is 2.41. The van der Waals surface area contributed by atoms with E-state index in [1.54, 1.807) is 0 Å². The van der Waals surface area contributed by atoms with E-state index in [2.05, 4.69) is 19.2 Å². The van der Waals surface area contributed by atoms with Crippen molar-refractivity contribution < 1.29 is 9.53 Å². The largest absolute Gasteiger partial charge is 0.378 e. The van der Waals surface area contributed by atoms with Crippen LogP contribution in [-0.4, -0.2) is 30.2 Å². The van der Waals surface area contributed by atoms with Gasteiger partial charge in [0.15, 0.2) is 0 Å². The number of rotatable bonds is 5. The topological polar surface area (TPSA) is 64.3 Å². The lowest BCUT2D eigenvalue weighted by molar-refractivity contribution is -0.171. The Morgan fingerprint density at radius 1 is 1.44 bits per heavy atom. The van der Waals surface area contributed by atoms with Crippen LogP contribution in [0.4, 0.5) is 0 Å². The van der Waals surface area contributed by atoms with Crippen LogP contribution in [0.1, 0.15) is 48.0 Å². The first-order chi connectivity index (χ1) is 8.16. The van der Waals surface area contributed by atoms with Crippen LogP contribution in [0, 0.1) is 11.3 Å². The lowest BCUT2D eigenvalue weighted by Gasteiger charge is -2.57. The minimum absolute atomic E-state index is 0.0512. The van der Waals surface area contributed by atoms with Crippen molar-refractivity contribution in [1.82, 2.24) is 5.32 Å². The van der Waals surface area contributed by atoms with Crippen molar-refractivity contribution >= 4 is 5.91 Å². The summed E-state index contributed by atoms with van der Waals surface area (Å²) in [5.74, 6) is 0.355. The molecule has 1 aliphatic carbocycles. The van der Waals surface area contributed by atoms with E-state index in [9.17, 15) is 4.79 Å². The summed E-state index contributed by atoms with van der Waals surface area (Å²) >= 11 is 0. The van der Waals surface area contributed by atoms with Crippen LogP contribution in [0.15, 0.2) is 0 Å². The van der Waals surface area contributed by atoms with Crippen molar-refractivity contribution in [3.05, 3.63) is 0 Å². The fraction of sp³-hybridized carbons (Fsp3) is 0.929. The molecule has 0 aromatic heterocycles. The molecule has 0 radical (unpaired) electrons. The molecule has 1 aliphatic rings. The molecule has 1 rings (SSSR count). The Morgan fingerprint density at radius 2 is 2.00 bits per heavy atom. The molecule has 0 aromatic carbocycles. The SMILES string of the molecule is CCOC1CC(N)(C(=O)NC(C)C(C)C)C1(C)C. The zero-order valence-electron chi connectivity index (χ0n) is 12.5. The molecule has 3 unspecified atom stereocenters. The van der Waals surface area contributed by atoms with Crippen LogP contribution in [0.25, 0.3) is 0 Å². The Bertz CT molecular complexity index is 315. The van der Waals surface area contributed by atoms with Crippen molar-refractivity contribution in [1.29, 1.82) is 0 Å². The first kappa shape index (κ1) is 15.4. The van der Waals surface area contributed by atoms with Crippen molar-refractivity contribution in [2.24, 2.45) is 17.1 Å². The Morgan fingerprint density at radius 3 is 2.39 bits per heavy atom.